The minimum absolute atomic E-state index is 0.0664. The predicted molar refractivity (Wildman–Crippen MR) is 117 cm³/mol. The molecular formula is C23H22ClF3N4O. The Kier molecular flexibility index (Phi) is 6.15. The number of halogens is 4. The van der Waals surface area contributed by atoms with E-state index < -0.39 is 24.2 Å². The number of fused-ring (bicyclic) bond motifs is 1. The lowest BCUT2D eigenvalue weighted by atomic mass is 9.95. The van der Waals surface area contributed by atoms with E-state index in [1.807, 2.05) is 31.2 Å². The van der Waals surface area contributed by atoms with Crippen molar-refractivity contribution in [2.24, 2.45) is 0 Å². The van der Waals surface area contributed by atoms with Gasteiger partial charge in [0.2, 0.25) is 0 Å². The summed E-state index contributed by atoms with van der Waals surface area (Å²) in [5, 5.41) is 10.3. The summed E-state index contributed by atoms with van der Waals surface area (Å²) in [6.45, 7) is 2.23. The molecule has 1 amide bonds. The molecule has 1 aliphatic heterocycles. The number of aryl methyl sites for hydroxylation is 1. The molecule has 0 unspecified atom stereocenters. The molecule has 3 aromatic rings. The number of anilines is 1. The van der Waals surface area contributed by atoms with Crippen LogP contribution in [0, 0.1) is 0 Å². The highest BCUT2D eigenvalue weighted by Gasteiger charge is 2.47. The Hall–Kier alpha value is -3.00. The molecule has 1 aliphatic rings. The number of benzene rings is 2. The molecule has 0 fully saturated rings. The van der Waals surface area contributed by atoms with Crippen molar-refractivity contribution in [3.05, 3.63) is 82.0 Å². The smallest absolute Gasteiger partial charge is 0.363 e. The minimum Gasteiger partial charge on any atom is -0.363 e. The fourth-order valence-electron chi connectivity index (χ4n) is 3.81. The largest absolute Gasteiger partial charge is 0.410 e. The molecule has 0 radical (unpaired) electrons. The Morgan fingerprint density at radius 3 is 2.44 bits per heavy atom. The second-order valence-corrected chi connectivity index (χ2v) is 8.18. The molecule has 0 aliphatic carbocycles. The number of nitrogens with zero attached hydrogens (tertiary/aromatic N) is 2. The molecule has 2 aromatic carbocycles. The lowest BCUT2D eigenvalue weighted by molar-refractivity contribution is -0.173. The Labute approximate surface area is 188 Å². The van der Waals surface area contributed by atoms with Gasteiger partial charge >= 0.3 is 6.18 Å². The first-order valence-corrected chi connectivity index (χ1v) is 10.7. The van der Waals surface area contributed by atoms with Gasteiger partial charge in [0, 0.05) is 18.0 Å². The van der Waals surface area contributed by atoms with Crippen molar-refractivity contribution in [2.75, 3.05) is 5.32 Å². The SMILES string of the molecule is CCc1ccc([C@H]2C[C@@H](C(F)(F)F)n3ncc(C(=O)NCc4ccc(Cl)cc4)c3N2)cc1. The molecule has 32 heavy (non-hydrogen) atoms. The third kappa shape index (κ3) is 4.60. The van der Waals surface area contributed by atoms with Gasteiger partial charge in [-0.1, -0.05) is 54.9 Å². The molecule has 5 nitrogen and oxygen atoms in total. The lowest BCUT2D eigenvalue weighted by Gasteiger charge is -2.34. The zero-order chi connectivity index (χ0) is 22.9. The number of nitrogens with one attached hydrogen (secondary N) is 2. The van der Waals surface area contributed by atoms with Gasteiger partial charge in [-0.25, -0.2) is 4.68 Å². The van der Waals surface area contributed by atoms with E-state index in [0.29, 0.717) is 5.02 Å². The summed E-state index contributed by atoms with van der Waals surface area (Å²) in [4.78, 5) is 12.8. The molecule has 2 atom stereocenters. The second-order valence-electron chi connectivity index (χ2n) is 7.75. The van der Waals surface area contributed by atoms with Crippen molar-refractivity contribution in [3.8, 4) is 0 Å². The molecule has 0 saturated heterocycles. The topological polar surface area (TPSA) is 59.0 Å². The van der Waals surface area contributed by atoms with Crippen LogP contribution in [0.2, 0.25) is 5.02 Å². The summed E-state index contributed by atoms with van der Waals surface area (Å²) in [5.74, 6) is -0.437. The lowest BCUT2D eigenvalue weighted by Crippen LogP contribution is -2.36. The van der Waals surface area contributed by atoms with E-state index in [4.69, 9.17) is 11.6 Å². The maximum Gasteiger partial charge on any atom is 0.410 e. The molecule has 4 rings (SSSR count). The molecule has 2 N–H and O–H groups in total. The third-order valence-corrected chi connectivity index (χ3v) is 5.89. The van der Waals surface area contributed by atoms with Crippen molar-refractivity contribution >= 4 is 23.3 Å². The number of hydrogen-bond donors (Lipinski definition) is 2. The molecule has 0 saturated carbocycles. The standard InChI is InChI=1S/C23H22ClF3N4O/c1-2-14-3-7-16(8-4-14)19-11-20(23(25,26)27)31-21(30-19)18(13-29-31)22(32)28-12-15-5-9-17(24)10-6-15/h3-10,13,19-20,30H,2,11-12H2,1H3,(H,28,32)/t19-,20+/m1/s1. The van der Waals surface area contributed by atoms with Crippen LogP contribution in [0.3, 0.4) is 0 Å². The Balaban J connectivity index is 1.60. The summed E-state index contributed by atoms with van der Waals surface area (Å²) in [6, 6.07) is 12.0. The highest BCUT2D eigenvalue weighted by Crippen LogP contribution is 2.44. The first kappa shape index (κ1) is 22.2. The molecule has 168 valence electrons. The normalized spacial score (nSPS) is 18.0. The number of carbonyl (C=O) groups excluding carboxylic acids is 1. The summed E-state index contributed by atoms with van der Waals surface area (Å²) in [7, 11) is 0. The van der Waals surface area contributed by atoms with Crippen molar-refractivity contribution in [1.82, 2.24) is 15.1 Å². The summed E-state index contributed by atoms with van der Waals surface area (Å²) in [5.41, 5.74) is 2.72. The third-order valence-electron chi connectivity index (χ3n) is 5.64. The minimum atomic E-state index is -4.50. The van der Waals surface area contributed by atoms with E-state index in [1.54, 1.807) is 24.3 Å². The first-order valence-electron chi connectivity index (χ1n) is 10.3. The summed E-state index contributed by atoms with van der Waals surface area (Å²) in [6.07, 6.45) is -2.69. The molecule has 2 heterocycles. The van der Waals surface area contributed by atoms with Gasteiger partial charge in [-0.2, -0.15) is 18.3 Å². The average Bonchev–Trinajstić information content (AvgIpc) is 3.21. The highest BCUT2D eigenvalue weighted by atomic mass is 35.5. The van der Waals surface area contributed by atoms with Crippen molar-refractivity contribution in [3.63, 3.8) is 0 Å². The van der Waals surface area contributed by atoms with E-state index in [1.165, 1.54) is 6.20 Å². The molecule has 9 heteroatoms. The highest BCUT2D eigenvalue weighted by molar-refractivity contribution is 6.30. The van der Waals surface area contributed by atoms with Crippen LogP contribution < -0.4 is 10.6 Å². The predicted octanol–water partition coefficient (Wildman–Crippen LogP) is 5.69. The number of rotatable bonds is 5. The van der Waals surface area contributed by atoms with Crippen LogP contribution >= 0.6 is 11.6 Å². The number of aromatic nitrogens is 2. The van der Waals surface area contributed by atoms with Gasteiger partial charge in [-0.05, 0) is 35.2 Å². The molecule has 0 bridgehead atoms. The average molecular weight is 463 g/mol. The van der Waals surface area contributed by atoms with Gasteiger partial charge in [0.05, 0.1) is 12.2 Å². The van der Waals surface area contributed by atoms with Gasteiger partial charge in [-0.15, -0.1) is 0 Å². The van der Waals surface area contributed by atoms with Crippen LogP contribution in [0.1, 0.15) is 52.5 Å². The first-order chi connectivity index (χ1) is 15.3. The number of carbonyl (C=O) groups is 1. The van der Waals surface area contributed by atoms with Gasteiger partial charge in [0.15, 0.2) is 6.04 Å². The van der Waals surface area contributed by atoms with Gasteiger partial charge in [0.1, 0.15) is 11.4 Å². The Morgan fingerprint density at radius 2 is 1.81 bits per heavy atom. The fraction of sp³-hybridized carbons (Fsp3) is 0.304. The summed E-state index contributed by atoms with van der Waals surface area (Å²) < 4.78 is 42.4. The van der Waals surface area contributed by atoms with Crippen LogP contribution in [-0.2, 0) is 13.0 Å². The number of alkyl halides is 3. The van der Waals surface area contributed by atoms with Crippen LogP contribution in [-0.4, -0.2) is 21.9 Å². The fourth-order valence-corrected chi connectivity index (χ4v) is 3.94. The molecule has 1 aromatic heterocycles. The van der Waals surface area contributed by atoms with Gasteiger partial charge in [-0.3, -0.25) is 4.79 Å². The van der Waals surface area contributed by atoms with Gasteiger partial charge in [0.25, 0.3) is 5.91 Å². The Bertz CT molecular complexity index is 1090. The van der Waals surface area contributed by atoms with E-state index >= 15 is 0 Å². The van der Waals surface area contributed by atoms with Gasteiger partial charge < -0.3 is 10.6 Å². The zero-order valence-corrected chi connectivity index (χ0v) is 18.0. The van der Waals surface area contributed by atoms with Crippen LogP contribution in [0.15, 0.2) is 54.7 Å². The van der Waals surface area contributed by atoms with Crippen LogP contribution in [0.25, 0.3) is 0 Å². The van der Waals surface area contributed by atoms with E-state index in [2.05, 4.69) is 15.7 Å². The summed E-state index contributed by atoms with van der Waals surface area (Å²) >= 11 is 5.87. The molecule has 0 spiro atoms. The number of hydrogen-bond acceptors (Lipinski definition) is 3. The molecular weight excluding hydrogens is 441 g/mol. The maximum atomic E-state index is 13.8. The van der Waals surface area contributed by atoms with Crippen molar-refractivity contribution in [2.45, 2.75) is 44.6 Å². The van der Waals surface area contributed by atoms with E-state index in [9.17, 15) is 18.0 Å². The monoisotopic (exact) mass is 462 g/mol. The zero-order valence-electron chi connectivity index (χ0n) is 17.3. The Morgan fingerprint density at radius 1 is 1.16 bits per heavy atom. The van der Waals surface area contributed by atoms with Crippen LogP contribution in [0.5, 0.6) is 0 Å². The quantitative estimate of drug-likeness (QED) is 0.512. The van der Waals surface area contributed by atoms with E-state index in [-0.39, 0.29) is 24.3 Å². The van der Waals surface area contributed by atoms with Crippen molar-refractivity contribution < 1.29 is 18.0 Å². The van der Waals surface area contributed by atoms with Crippen molar-refractivity contribution in [1.29, 1.82) is 0 Å². The van der Waals surface area contributed by atoms with E-state index in [0.717, 1.165) is 27.8 Å². The van der Waals surface area contributed by atoms with Crippen LogP contribution in [0.4, 0.5) is 19.0 Å². The maximum absolute atomic E-state index is 13.8. The number of amides is 1. The second kappa shape index (κ2) is 8.86.